The number of amides is 1. The molecule has 0 saturated heterocycles. The molecule has 3 aromatic rings. The lowest BCUT2D eigenvalue weighted by atomic mass is 9.87. The lowest BCUT2D eigenvalue weighted by molar-refractivity contribution is -0.142. The van der Waals surface area contributed by atoms with Crippen LogP contribution in [-0.2, 0) is 25.8 Å². The molecule has 1 amide bonds. The number of methoxy groups -OCH3 is 1. The molecule has 0 aliphatic heterocycles. The average Bonchev–Trinajstić information content (AvgIpc) is 2.93. The molecular formula is C30H33NO6S. The molecule has 200 valence electrons. The van der Waals surface area contributed by atoms with Gasteiger partial charge in [-0.1, -0.05) is 79.4 Å². The number of carboxylic acids is 1. The normalized spacial score (nSPS) is 15.8. The van der Waals surface area contributed by atoms with Crippen molar-refractivity contribution in [1.29, 1.82) is 0 Å². The third-order valence-electron chi connectivity index (χ3n) is 7.34. The Morgan fingerprint density at radius 1 is 0.947 bits per heavy atom. The zero-order valence-corrected chi connectivity index (χ0v) is 22.5. The van der Waals surface area contributed by atoms with Crippen LogP contribution < -0.4 is 10.1 Å². The number of sulfone groups is 1. The van der Waals surface area contributed by atoms with Crippen LogP contribution in [0.5, 0.6) is 5.75 Å². The zero-order valence-electron chi connectivity index (χ0n) is 21.6. The number of rotatable bonds is 9. The van der Waals surface area contributed by atoms with E-state index in [0.717, 1.165) is 28.9 Å². The second kappa shape index (κ2) is 11.4. The van der Waals surface area contributed by atoms with E-state index >= 15 is 0 Å². The first kappa shape index (κ1) is 27.4. The molecule has 3 aromatic carbocycles. The van der Waals surface area contributed by atoms with Crippen LogP contribution in [0.2, 0.25) is 0 Å². The highest BCUT2D eigenvalue weighted by Crippen LogP contribution is 2.39. The molecule has 1 fully saturated rings. The summed E-state index contributed by atoms with van der Waals surface area (Å²) >= 11 is 0. The minimum absolute atomic E-state index is 0.0218. The number of carbonyl (C=O) groups excluding carboxylic acids is 1. The number of hydrogen-bond acceptors (Lipinski definition) is 5. The monoisotopic (exact) mass is 535 g/mol. The van der Waals surface area contributed by atoms with Crippen LogP contribution >= 0.6 is 0 Å². The first-order chi connectivity index (χ1) is 18.2. The first-order valence-corrected chi connectivity index (χ1v) is 14.2. The molecular weight excluding hydrogens is 502 g/mol. The molecule has 2 N–H and O–H groups in total. The molecule has 1 saturated carbocycles. The smallest absolute Gasteiger partial charge is 0.326 e. The van der Waals surface area contributed by atoms with E-state index in [2.05, 4.69) is 5.32 Å². The van der Waals surface area contributed by atoms with Crippen LogP contribution in [0.4, 0.5) is 0 Å². The summed E-state index contributed by atoms with van der Waals surface area (Å²) in [5, 5.41) is 12.5. The van der Waals surface area contributed by atoms with Crippen LogP contribution in [0.15, 0.2) is 77.7 Å². The largest absolute Gasteiger partial charge is 0.496 e. The number of ether oxygens (including phenoxy) is 1. The zero-order chi connectivity index (χ0) is 27.3. The number of para-hydroxylation sites is 1. The van der Waals surface area contributed by atoms with Crippen LogP contribution in [-0.4, -0.2) is 43.3 Å². The maximum atomic E-state index is 13.8. The van der Waals surface area contributed by atoms with Gasteiger partial charge in [0.1, 0.15) is 11.8 Å². The van der Waals surface area contributed by atoms with Gasteiger partial charge in [0.25, 0.3) is 0 Å². The van der Waals surface area contributed by atoms with Crippen LogP contribution in [0.1, 0.15) is 43.2 Å². The molecule has 1 aliphatic carbocycles. The third kappa shape index (κ3) is 5.45. The molecule has 38 heavy (non-hydrogen) atoms. The Labute approximate surface area is 223 Å². The van der Waals surface area contributed by atoms with E-state index in [1.165, 1.54) is 12.1 Å². The first-order valence-electron chi connectivity index (χ1n) is 12.8. The number of benzene rings is 3. The van der Waals surface area contributed by atoms with Crippen molar-refractivity contribution in [2.45, 2.75) is 61.1 Å². The van der Waals surface area contributed by atoms with Gasteiger partial charge in [0, 0.05) is 12.0 Å². The van der Waals surface area contributed by atoms with Gasteiger partial charge in [-0.2, -0.15) is 0 Å². The van der Waals surface area contributed by atoms with Crippen LogP contribution in [0, 0.1) is 6.92 Å². The summed E-state index contributed by atoms with van der Waals surface area (Å²) in [6.45, 7) is 1.86. The Morgan fingerprint density at radius 2 is 1.58 bits per heavy atom. The Morgan fingerprint density at radius 3 is 2.18 bits per heavy atom. The van der Waals surface area contributed by atoms with E-state index in [-0.39, 0.29) is 24.2 Å². The topological polar surface area (TPSA) is 110 Å². The van der Waals surface area contributed by atoms with Gasteiger partial charge in [-0.3, -0.25) is 4.79 Å². The van der Waals surface area contributed by atoms with Crippen molar-refractivity contribution in [1.82, 2.24) is 5.32 Å². The van der Waals surface area contributed by atoms with Crippen molar-refractivity contribution in [2.75, 3.05) is 7.11 Å². The summed E-state index contributed by atoms with van der Waals surface area (Å²) < 4.78 is 31.3. The molecule has 0 aromatic heterocycles. The van der Waals surface area contributed by atoms with Crippen molar-refractivity contribution < 1.29 is 27.9 Å². The lowest BCUT2D eigenvalue weighted by Gasteiger charge is -2.36. The molecule has 0 radical (unpaired) electrons. The summed E-state index contributed by atoms with van der Waals surface area (Å²) in [5.74, 6) is -1.23. The number of carbonyl (C=O) groups is 2. The van der Waals surface area contributed by atoms with Crippen molar-refractivity contribution >= 4 is 21.7 Å². The lowest BCUT2D eigenvalue weighted by Crippen LogP contribution is -2.57. The maximum Gasteiger partial charge on any atom is 0.326 e. The number of nitrogens with one attached hydrogen (secondary N) is 1. The quantitative estimate of drug-likeness (QED) is 0.401. The molecule has 8 heteroatoms. The Bertz CT molecular complexity index is 1390. The van der Waals surface area contributed by atoms with Gasteiger partial charge in [-0.25, -0.2) is 13.2 Å². The molecule has 4 rings (SSSR count). The highest BCUT2D eigenvalue weighted by Gasteiger charge is 2.52. The van der Waals surface area contributed by atoms with Crippen molar-refractivity contribution in [3.63, 3.8) is 0 Å². The molecule has 1 aliphatic rings. The van der Waals surface area contributed by atoms with E-state index in [9.17, 15) is 23.1 Å². The van der Waals surface area contributed by atoms with Gasteiger partial charge >= 0.3 is 5.97 Å². The average molecular weight is 536 g/mol. The Kier molecular flexibility index (Phi) is 8.21. The summed E-state index contributed by atoms with van der Waals surface area (Å²) in [4.78, 5) is 25.9. The van der Waals surface area contributed by atoms with E-state index in [0.29, 0.717) is 18.4 Å². The van der Waals surface area contributed by atoms with Crippen LogP contribution in [0.3, 0.4) is 0 Å². The molecule has 0 heterocycles. The SMILES string of the molecule is COc1ccccc1-c1ccc(C[C@H](NC(=O)C2(S(=O)(=O)c3ccc(C)cc3)CCCCC2)C(=O)O)cc1. The number of carboxylic acid groups (broad SMARTS) is 1. The molecule has 0 unspecified atom stereocenters. The third-order valence-corrected chi connectivity index (χ3v) is 9.85. The van der Waals surface area contributed by atoms with E-state index < -0.39 is 32.5 Å². The summed E-state index contributed by atoms with van der Waals surface area (Å²) in [6.07, 6.45) is 2.35. The van der Waals surface area contributed by atoms with E-state index in [1.54, 1.807) is 19.2 Å². The second-order valence-corrected chi connectivity index (χ2v) is 12.1. The van der Waals surface area contributed by atoms with Crippen molar-refractivity contribution in [3.05, 3.63) is 83.9 Å². The molecule has 0 spiro atoms. The number of aliphatic carboxylic acids is 1. The minimum atomic E-state index is -4.04. The van der Waals surface area contributed by atoms with Gasteiger partial charge in [0.05, 0.1) is 12.0 Å². The fourth-order valence-electron chi connectivity index (χ4n) is 5.11. The van der Waals surface area contributed by atoms with Crippen LogP contribution in [0.25, 0.3) is 11.1 Å². The standard InChI is InChI=1S/C30H33NO6S/c1-21-10-16-24(17-11-21)38(35,36)30(18-6-3-7-19-30)29(34)31-26(28(32)33)20-22-12-14-23(15-13-22)25-8-4-5-9-27(25)37-2/h4-5,8-17,26H,3,6-7,18-20H2,1-2H3,(H,31,34)(H,32,33)/t26-/m0/s1. The fourth-order valence-corrected chi connectivity index (χ4v) is 7.19. The van der Waals surface area contributed by atoms with Gasteiger partial charge in [0.15, 0.2) is 14.6 Å². The van der Waals surface area contributed by atoms with Gasteiger partial charge in [-0.05, 0) is 49.1 Å². The summed E-state index contributed by atoms with van der Waals surface area (Å²) in [7, 11) is -2.44. The predicted octanol–water partition coefficient (Wildman–Crippen LogP) is 4.96. The maximum absolute atomic E-state index is 13.8. The minimum Gasteiger partial charge on any atom is -0.496 e. The van der Waals surface area contributed by atoms with E-state index in [1.807, 2.05) is 55.5 Å². The Hall–Kier alpha value is -3.65. The highest BCUT2D eigenvalue weighted by molar-refractivity contribution is 7.93. The number of aryl methyl sites for hydroxylation is 1. The predicted molar refractivity (Wildman–Crippen MR) is 146 cm³/mol. The second-order valence-electron chi connectivity index (χ2n) is 9.84. The summed E-state index contributed by atoms with van der Waals surface area (Å²) in [6, 6.07) is 20.1. The highest BCUT2D eigenvalue weighted by atomic mass is 32.2. The molecule has 7 nitrogen and oxygen atoms in total. The van der Waals surface area contributed by atoms with Gasteiger partial charge < -0.3 is 15.2 Å². The number of hydrogen-bond donors (Lipinski definition) is 2. The molecule has 1 atom stereocenters. The fraction of sp³-hybridized carbons (Fsp3) is 0.333. The van der Waals surface area contributed by atoms with E-state index in [4.69, 9.17) is 4.74 Å². The van der Waals surface area contributed by atoms with Crippen molar-refractivity contribution in [3.8, 4) is 16.9 Å². The van der Waals surface area contributed by atoms with Gasteiger partial charge in [-0.15, -0.1) is 0 Å². The van der Waals surface area contributed by atoms with Crippen molar-refractivity contribution in [2.24, 2.45) is 0 Å². The summed E-state index contributed by atoms with van der Waals surface area (Å²) in [5.41, 5.74) is 3.43. The Balaban J connectivity index is 1.57. The van der Waals surface area contributed by atoms with Gasteiger partial charge in [0.2, 0.25) is 5.91 Å². The molecule has 0 bridgehead atoms.